The topological polar surface area (TPSA) is 87.6 Å². The van der Waals surface area contributed by atoms with Crippen LogP contribution in [0.1, 0.15) is 21.5 Å². The van der Waals surface area contributed by atoms with Gasteiger partial charge in [-0.2, -0.15) is 0 Å². The number of halogens is 1. The highest BCUT2D eigenvalue weighted by atomic mass is 35.5. The van der Waals surface area contributed by atoms with Crippen molar-refractivity contribution in [3.63, 3.8) is 0 Å². The molecular weight excluding hydrogens is 442 g/mol. The molecule has 1 fully saturated rings. The average Bonchev–Trinajstić information content (AvgIpc) is 3.17. The molecule has 0 spiro atoms. The van der Waals surface area contributed by atoms with Crippen LogP contribution in [0.3, 0.4) is 0 Å². The van der Waals surface area contributed by atoms with Crippen LogP contribution in [0.25, 0.3) is 0 Å². The van der Waals surface area contributed by atoms with E-state index in [4.69, 9.17) is 11.6 Å². The van der Waals surface area contributed by atoms with E-state index in [2.05, 4.69) is 39.9 Å². The number of fused-ring (bicyclic) bond motifs is 1. The Hall–Kier alpha value is -2.03. The molecule has 1 saturated heterocycles. The van der Waals surface area contributed by atoms with E-state index in [9.17, 15) is 13.2 Å². The maximum absolute atomic E-state index is 12.5. The van der Waals surface area contributed by atoms with Gasteiger partial charge >= 0.3 is 0 Å². The van der Waals surface area contributed by atoms with Gasteiger partial charge in [0, 0.05) is 17.4 Å². The highest BCUT2D eigenvalue weighted by Crippen LogP contribution is 2.35. The Labute approximate surface area is 185 Å². The number of rotatable bonds is 5. The molecule has 1 amide bonds. The molecule has 2 heterocycles. The van der Waals surface area contributed by atoms with Crippen LogP contribution in [-0.2, 0) is 16.3 Å². The van der Waals surface area contributed by atoms with E-state index in [1.807, 2.05) is 6.92 Å². The Balaban J connectivity index is 1.37. The first-order valence-electron chi connectivity index (χ1n) is 9.64. The molecule has 2 aromatic rings. The molecule has 0 saturated carbocycles. The standard InChI is InChI=1S/C21H22ClN3O3S2/c1-13-2-4-14(5-3-13)8-9-23-20(26)15-6-7-16(22)17(10-15)24-21-25-18-11-30(27,28)12-19(18)29-21/h2-7,10,18-19H,8-9,11-12H2,1H3,(H,23,26)(H,24,25). The third-order valence-electron chi connectivity index (χ3n) is 5.11. The summed E-state index contributed by atoms with van der Waals surface area (Å²) in [6.07, 6.45) is 0.754. The summed E-state index contributed by atoms with van der Waals surface area (Å²) < 4.78 is 23.4. The van der Waals surface area contributed by atoms with E-state index in [1.165, 1.54) is 22.9 Å². The quantitative estimate of drug-likeness (QED) is 0.710. The van der Waals surface area contributed by atoms with Gasteiger partial charge in [0.25, 0.3) is 5.91 Å². The highest BCUT2D eigenvalue weighted by molar-refractivity contribution is 8.15. The highest BCUT2D eigenvalue weighted by Gasteiger charge is 2.42. The molecule has 2 aliphatic heterocycles. The van der Waals surface area contributed by atoms with Crippen molar-refractivity contribution in [3.05, 3.63) is 64.2 Å². The number of aryl methyl sites for hydroxylation is 1. The summed E-state index contributed by atoms with van der Waals surface area (Å²) >= 11 is 7.70. The van der Waals surface area contributed by atoms with Gasteiger partial charge in [0.05, 0.1) is 28.3 Å². The fourth-order valence-corrected chi connectivity index (χ4v) is 7.30. The van der Waals surface area contributed by atoms with Gasteiger partial charge in [-0.15, -0.1) is 0 Å². The third-order valence-corrected chi connectivity index (χ3v) is 8.58. The molecule has 30 heavy (non-hydrogen) atoms. The minimum atomic E-state index is -2.99. The molecular formula is C21H22ClN3O3S2. The second-order valence-electron chi connectivity index (χ2n) is 7.55. The lowest BCUT2D eigenvalue weighted by atomic mass is 10.1. The molecule has 0 aromatic heterocycles. The second-order valence-corrected chi connectivity index (χ2v) is 11.3. The van der Waals surface area contributed by atoms with Crippen molar-refractivity contribution in [2.75, 3.05) is 23.4 Å². The Bertz CT molecular complexity index is 1100. The minimum Gasteiger partial charge on any atom is -0.352 e. The normalized spacial score (nSPS) is 21.7. The summed E-state index contributed by atoms with van der Waals surface area (Å²) in [5.41, 5.74) is 3.46. The SMILES string of the molecule is Cc1ccc(CCNC(=O)c2ccc(Cl)c(NC3=NC4CS(=O)(=O)CC4S3)c2)cc1. The molecule has 9 heteroatoms. The smallest absolute Gasteiger partial charge is 0.251 e. The number of benzene rings is 2. The first-order chi connectivity index (χ1) is 14.3. The van der Waals surface area contributed by atoms with Gasteiger partial charge in [-0.25, -0.2) is 8.42 Å². The Morgan fingerprint density at radius 2 is 1.97 bits per heavy atom. The Kier molecular flexibility index (Phi) is 6.09. The first-order valence-corrected chi connectivity index (χ1v) is 12.7. The monoisotopic (exact) mass is 463 g/mol. The van der Waals surface area contributed by atoms with Gasteiger partial charge in [-0.3, -0.25) is 9.79 Å². The number of sulfone groups is 1. The Morgan fingerprint density at radius 1 is 1.20 bits per heavy atom. The van der Waals surface area contributed by atoms with Crippen molar-refractivity contribution in [2.24, 2.45) is 4.99 Å². The zero-order valence-electron chi connectivity index (χ0n) is 16.4. The lowest BCUT2D eigenvalue weighted by Crippen LogP contribution is -2.25. The van der Waals surface area contributed by atoms with Crippen LogP contribution >= 0.6 is 23.4 Å². The van der Waals surface area contributed by atoms with E-state index in [1.54, 1.807) is 18.2 Å². The third kappa shape index (κ3) is 4.99. The van der Waals surface area contributed by atoms with Crippen LogP contribution in [0.4, 0.5) is 5.69 Å². The van der Waals surface area contributed by atoms with Crippen LogP contribution in [0.5, 0.6) is 0 Å². The zero-order chi connectivity index (χ0) is 21.3. The number of aliphatic imine (C=N–C) groups is 1. The number of amides is 1. The van der Waals surface area contributed by atoms with Crippen LogP contribution < -0.4 is 10.6 Å². The molecule has 4 rings (SSSR count). The van der Waals surface area contributed by atoms with Gasteiger partial charge in [0.1, 0.15) is 0 Å². The van der Waals surface area contributed by atoms with Crippen LogP contribution in [-0.4, -0.2) is 48.8 Å². The fourth-order valence-electron chi connectivity index (χ4n) is 3.47. The second kappa shape index (κ2) is 8.61. The molecule has 2 unspecified atom stereocenters. The van der Waals surface area contributed by atoms with E-state index in [0.717, 1.165) is 6.42 Å². The summed E-state index contributed by atoms with van der Waals surface area (Å²) in [6.45, 7) is 2.58. The van der Waals surface area contributed by atoms with Crippen molar-refractivity contribution < 1.29 is 13.2 Å². The molecule has 2 atom stereocenters. The molecule has 2 aromatic carbocycles. The number of nitrogens with one attached hydrogen (secondary N) is 2. The molecule has 2 aliphatic rings. The van der Waals surface area contributed by atoms with E-state index in [-0.39, 0.29) is 28.7 Å². The van der Waals surface area contributed by atoms with Gasteiger partial charge in [-0.1, -0.05) is 53.2 Å². The van der Waals surface area contributed by atoms with Crippen molar-refractivity contribution in [1.82, 2.24) is 5.32 Å². The van der Waals surface area contributed by atoms with Crippen LogP contribution in [0, 0.1) is 6.92 Å². The molecule has 0 radical (unpaired) electrons. The summed E-state index contributed by atoms with van der Waals surface area (Å²) in [5, 5.41) is 7.14. The summed E-state index contributed by atoms with van der Waals surface area (Å²) in [7, 11) is -2.99. The molecule has 158 valence electrons. The van der Waals surface area contributed by atoms with Gasteiger partial charge < -0.3 is 10.6 Å². The van der Waals surface area contributed by atoms with Gasteiger partial charge in [0.15, 0.2) is 15.0 Å². The van der Waals surface area contributed by atoms with Gasteiger partial charge in [0.2, 0.25) is 0 Å². The van der Waals surface area contributed by atoms with E-state index < -0.39 is 9.84 Å². The lowest BCUT2D eigenvalue weighted by Gasteiger charge is -2.11. The predicted molar refractivity (Wildman–Crippen MR) is 124 cm³/mol. The maximum atomic E-state index is 12.5. The van der Waals surface area contributed by atoms with Crippen molar-refractivity contribution >= 4 is 50.0 Å². The fraction of sp³-hybridized carbons (Fsp3) is 0.333. The van der Waals surface area contributed by atoms with Crippen LogP contribution in [0.2, 0.25) is 5.02 Å². The predicted octanol–water partition coefficient (Wildman–Crippen LogP) is 3.30. The number of nitrogens with zero attached hydrogens (tertiary/aromatic N) is 1. The average molecular weight is 464 g/mol. The van der Waals surface area contributed by atoms with Crippen LogP contribution in [0.15, 0.2) is 47.5 Å². The molecule has 0 bridgehead atoms. The van der Waals surface area contributed by atoms with Gasteiger partial charge in [-0.05, 0) is 37.1 Å². The minimum absolute atomic E-state index is 0.0514. The zero-order valence-corrected chi connectivity index (χ0v) is 18.8. The summed E-state index contributed by atoms with van der Waals surface area (Å²) in [6, 6.07) is 13.1. The van der Waals surface area contributed by atoms with E-state index >= 15 is 0 Å². The van der Waals surface area contributed by atoms with Crippen molar-refractivity contribution in [3.8, 4) is 0 Å². The molecule has 6 nitrogen and oxygen atoms in total. The lowest BCUT2D eigenvalue weighted by molar-refractivity contribution is 0.0954. The largest absolute Gasteiger partial charge is 0.352 e. The first kappa shape index (κ1) is 21.2. The number of hydrogen-bond donors (Lipinski definition) is 2. The number of anilines is 1. The molecule has 2 N–H and O–H groups in total. The number of thioether (sulfide) groups is 1. The maximum Gasteiger partial charge on any atom is 0.251 e. The summed E-state index contributed by atoms with van der Waals surface area (Å²) in [4.78, 5) is 17.0. The summed E-state index contributed by atoms with van der Waals surface area (Å²) in [5.74, 6) is 0.0621. The number of amidine groups is 1. The number of carbonyl (C=O) groups is 1. The van der Waals surface area contributed by atoms with Crippen molar-refractivity contribution in [1.29, 1.82) is 0 Å². The number of carbonyl (C=O) groups excluding carboxylic acids is 1. The van der Waals surface area contributed by atoms with Crippen molar-refractivity contribution in [2.45, 2.75) is 24.6 Å². The Morgan fingerprint density at radius 3 is 2.70 bits per heavy atom. The van der Waals surface area contributed by atoms with E-state index in [0.29, 0.717) is 28.0 Å². The number of hydrogen-bond acceptors (Lipinski definition) is 6. The molecule has 0 aliphatic carbocycles.